The molecule has 0 spiro atoms. The van der Waals surface area contributed by atoms with Gasteiger partial charge < -0.3 is 15.2 Å². The van der Waals surface area contributed by atoms with Crippen LogP contribution in [0, 0.1) is 11.8 Å². The molecular formula is C17H25NO3. The van der Waals surface area contributed by atoms with Crippen molar-refractivity contribution in [3.05, 3.63) is 35.9 Å². The summed E-state index contributed by atoms with van der Waals surface area (Å²) in [7, 11) is 0. The fourth-order valence-electron chi connectivity index (χ4n) is 3.10. The first kappa shape index (κ1) is 16.0. The van der Waals surface area contributed by atoms with Gasteiger partial charge in [-0.3, -0.25) is 0 Å². The van der Waals surface area contributed by atoms with Crippen LogP contribution in [0.4, 0.5) is 0 Å². The molecule has 3 atom stereocenters. The van der Waals surface area contributed by atoms with Gasteiger partial charge in [0, 0.05) is 6.61 Å². The number of aliphatic hydroxyl groups excluding tert-OH is 1. The highest BCUT2D eigenvalue weighted by molar-refractivity contribution is 5.77. The standard InChI is InChI=1S/C17H25NO3/c1-2-21-17(20)16(13-7-4-3-5-8-13)18-11-14-9-6-10-15(14)12-19/h3-5,7-8,14-16,18-19H,2,6,9-12H2,1H3. The van der Waals surface area contributed by atoms with Crippen molar-refractivity contribution < 1.29 is 14.6 Å². The molecule has 116 valence electrons. The van der Waals surface area contributed by atoms with Crippen molar-refractivity contribution in [1.82, 2.24) is 5.32 Å². The van der Waals surface area contributed by atoms with E-state index in [1.54, 1.807) is 0 Å². The van der Waals surface area contributed by atoms with Crippen LogP contribution >= 0.6 is 0 Å². The van der Waals surface area contributed by atoms with Crippen LogP contribution in [0.25, 0.3) is 0 Å². The number of aliphatic hydroxyl groups is 1. The lowest BCUT2D eigenvalue weighted by molar-refractivity contribution is -0.145. The van der Waals surface area contributed by atoms with E-state index < -0.39 is 6.04 Å². The van der Waals surface area contributed by atoms with Crippen LogP contribution in [0.2, 0.25) is 0 Å². The van der Waals surface area contributed by atoms with E-state index in [-0.39, 0.29) is 12.6 Å². The molecule has 0 radical (unpaired) electrons. The summed E-state index contributed by atoms with van der Waals surface area (Å²) in [6.45, 7) is 3.18. The second-order valence-electron chi connectivity index (χ2n) is 5.64. The molecule has 0 bridgehead atoms. The van der Waals surface area contributed by atoms with Crippen molar-refractivity contribution in [3.63, 3.8) is 0 Å². The molecule has 1 fully saturated rings. The predicted molar refractivity (Wildman–Crippen MR) is 81.7 cm³/mol. The molecule has 4 heteroatoms. The van der Waals surface area contributed by atoms with Crippen LogP contribution in [-0.2, 0) is 9.53 Å². The average molecular weight is 291 g/mol. The first-order chi connectivity index (χ1) is 10.3. The number of carbonyl (C=O) groups excluding carboxylic acids is 1. The molecule has 0 saturated heterocycles. The Labute approximate surface area is 126 Å². The fourth-order valence-corrected chi connectivity index (χ4v) is 3.10. The Morgan fingerprint density at radius 1 is 1.33 bits per heavy atom. The zero-order valence-electron chi connectivity index (χ0n) is 12.6. The average Bonchev–Trinajstić information content (AvgIpc) is 2.96. The predicted octanol–water partition coefficient (Wildman–Crippen LogP) is 2.29. The lowest BCUT2D eigenvalue weighted by Gasteiger charge is -2.22. The third-order valence-electron chi connectivity index (χ3n) is 4.29. The number of hydrogen-bond acceptors (Lipinski definition) is 4. The van der Waals surface area contributed by atoms with Crippen molar-refractivity contribution in [3.8, 4) is 0 Å². The zero-order chi connectivity index (χ0) is 15.1. The monoisotopic (exact) mass is 291 g/mol. The van der Waals surface area contributed by atoms with Crippen molar-refractivity contribution in [2.75, 3.05) is 19.8 Å². The van der Waals surface area contributed by atoms with E-state index >= 15 is 0 Å². The number of hydrogen-bond donors (Lipinski definition) is 2. The maximum atomic E-state index is 12.2. The molecule has 0 heterocycles. The number of carbonyl (C=O) groups is 1. The van der Waals surface area contributed by atoms with Gasteiger partial charge in [-0.1, -0.05) is 36.8 Å². The van der Waals surface area contributed by atoms with Crippen molar-refractivity contribution in [2.24, 2.45) is 11.8 Å². The number of ether oxygens (including phenoxy) is 1. The highest BCUT2D eigenvalue weighted by Crippen LogP contribution is 2.31. The minimum absolute atomic E-state index is 0.234. The second kappa shape index (κ2) is 8.15. The van der Waals surface area contributed by atoms with Crippen LogP contribution in [0.3, 0.4) is 0 Å². The molecule has 1 aromatic rings. The largest absolute Gasteiger partial charge is 0.465 e. The summed E-state index contributed by atoms with van der Waals surface area (Å²) in [6.07, 6.45) is 3.35. The Balaban J connectivity index is 2.01. The van der Waals surface area contributed by atoms with Gasteiger partial charge >= 0.3 is 5.97 Å². The van der Waals surface area contributed by atoms with Crippen molar-refractivity contribution >= 4 is 5.97 Å². The van der Waals surface area contributed by atoms with Gasteiger partial charge in [-0.25, -0.2) is 4.79 Å². The topological polar surface area (TPSA) is 58.6 Å². The number of nitrogens with one attached hydrogen (secondary N) is 1. The third kappa shape index (κ3) is 4.29. The van der Waals surface area contributed by atoms with Gasteiger partial charge in [0.2, 0.25) is 0 Å². The fraction of sp³-hybridized carbons (Fsp3) is 0.588. The van der Waals surface area contributed by atoms with Gasteiger partial charge in [0.25, 0.3) is 0 Å². The molecule has 1 aliphatic carbocycles. The minimum atomic E-state index is -0.425. The smallest absolute Gasteiger partial charge is 0.327 e. The SMILES string of the molecule is CCOC(=O)C(NCC1CCCC1CO)c1ccccc1. The van der Waals surface area contributed by atoms with E-state index in [1.165, 1.54) is 0 Å². The highest BCUT2D eigenvalue weighted by atomic mass is 16.5. The zero-order valence-corrected chi connectivity index (χ0v) is 12.6. The van der Waals surface area contributed by atoms with Crippen LogP contribution in [0.1, 0.15) is 37.8 Å². The molecule has 1 aliphatic rings. The number of rotatable bonds is 7. The Hall–Kier alpha value is -1.39. The van der Waals surface area contributed by atoms with Gasteiger partial charge in [0.05, 0.1) is 6.61 Å². The Bertz CT molecular complexity index is 435. The molecule has 2 N–H and O–H groups in total. The number of esters is 1. The van der Waals surface area contributed by atoms with Crippen LogP contribution in [0.15, 0.2) is 30.3 Å². The molecule has 1 saturated carbocycles. The highest BCUT2D eigenvalue weighted by Gasteiger charge is 2.29. The summed E-state index contributed by atoms with van der Waals surface area (Å²) in [5.41, 5.74) is 0.925. The van der Waals surface area contributed by atoms with Crippen LogP contribution in [0.5, 0.6) is 0 Å². The van der Waals surface area contributed by atoms with Gasteiger partial charge in [-0.05, 0) is 43.7 Å². The summed E-state index contributed by atoms with van der Waals surface area (Å²) >= 11 is 0. The Kier molecular flexibility index (Phi) is 6.21. The van der Waals surface area contributed by atoms with Gasteiger partial charge in [-0.2, -0.15) is 0 Å². The lowest BCUT2D eigenvalue weighted by Crippen LogP contribution is -2.35. The lowest BCUT2D eigenvalue weighted by atomic mass is 9.96. The van der Waals surface area contributed by atoms with E-state index in [1.807, 2.05) is 37.3 Å². The molecule has 3 unspecified atom stereocenters. The normalized spacial score (nSPS) is 23.0. The maximum Gasteiger partial charge on any atom is 0.327 e. The first-order valence-corrected chi connectivity index (χ1v) is 7.82. The molecule has 1 aromatic carbocycles. The summed E-state index contributed by atoms with van der Waals surface area (Å²) in [5, 5.41) is 12.7. The Morgan fingerprint density at radius 3 is 2.71 bits per heavy atom. The molecule has 21 heavy (non-hydrogen) atoms. The molecule has 4 nitrogen and oxygen atoms in total. The molecule has 0 aromatic heterocycles. The van der Waals surface area contributed by atoms with Gasteiger partial charge in [-0.15, -0.1) is 0 Å². The summed E-state index contributed by atoms with van der Waals surface area (Å²) in [6, 6.07) is 9.24. The van der Waals surface area contributed by atoms with Gasteiger partial charge in [0.1, 0.15) is 6.04 Å². The van der Waals surface area contributed by atoms with Crippen LogP contribution in [-0.4, -0.2) is 30.8 Å². The van der Waals surface area contributed by atoms with Crippen LogP contribution < -0.4 is 5.32 Å². The van der Waals surface area contributed by atoms with Crippen molar-refractivity contribution in [1.29, 1.82) is 0 Å². The summed E-state index contributed by atoms with van der Waals surface area (Å²) in [5.74, 6) is 0.564. The van der Waals surface area contributed by atoms with E-state index in [0.717, 1.165) is 31.4 Å². The maximum absolute atomic E-state index is 12.2. The summed E-state index contributed by atoms with van der Waals surface area (Å²) < 4.78 is 5.18. The first-order valence-electron chi connectivity index (χ1n) is 7.82. The Morgan fingerprint density at radius 2 is 2.05 bits per heavy atom. The van der Waals surface area contributed by atoms with Crippen molar-refractivity contribution in [2.45, 2.75) is 32.2 Å². The minimum Gasteiger partial charge on any atom is -0.465 e. The van der Waals surface area contributed by atoms with E-state index in [9.17, 15) is 9.90 Å². The van der Waals surface area contributed by atoms with E-state index in [2.05, 4.69) is 5.32 Å². The van der Waals surface area contributed by atoms with E-state index in [0.29, 0.717) is 18.4 Å². The molecule has 2 rings (SSSR count). The molecular weight excluding hydrogens is 266 g/mol. The number of benzene rings is 1. The molecule has 0 amide bonds. The van der Waals surface area contributed by atoms with E-state index in [4.69, 9.17) is 4.74 Å². The third-order valence-corrected chi connectivity index (χ3v) is 4.29. The quantitative estimate of drug-likeness (QED) is 0.757. The summed E-state index contributed by atoms with van der Waals surface area (Å²) in [4.78, 5) is 12.2. The van der Waals surface area contributed by atoms with Gasteiger partial charge in [0.15, 0.2) is 0 Å². The second-order valence-corrected chi connectivity index (χ2v) is 5.64. The molecule has 0 aliphatic heterocycles.